The van der Waals surface area contributed by atoms with E-state index in [0.29, 0.717) is 19.3 Å². The highest BCUT2D eigenvalue weighted by Gasteiger charge is 2.20. The molecule has 488 valence electrons. The molecule has 0 saturated heterocycles. The minimum atomic E-state index is -0.763. The molecule has 1 unspecified atom stereocenters. The van der Waals surface area contributed by atoms with Crippen molar-refractivity contribution in [1.29, 1.82) is 0 Å². The van der Waals surface area contributed by atoms with Crippen molar-refractivity contribution in [3.8, 4) is 0 Å². The second-order valence-corrected chi connectivity index (χ2v) is 26.3. The lowest BCUT2D eigenvalue weighted by Gasteiger charge is -2.18. The molecule has 0 fully saturated rings. The Kier molecular flexibility index (Phi) is 70.5. The molecule has 0 rings (SSSR count). The maximum atomic E-state index is 12.9. The minimum Gasteiger partial charge on any atom is -0.462 e. The largest absolute Gasteiger partial charge is 0.462 e. The molecule has 0 bridgehead atoms. The van der Waals surface area contributed by atoms with E-state index in [1.54, 1.807) is 0 Å². The van der Waals surface area contributed by atoms with Gasteiger partial charge in [0.1, 0.15) is 13.2 Å². The lowest BCUT2D eigenvalue weighted by molar-refractivity contribution is -0.167. The smallest absolute Gasteiger partial charge is 0.306 e. The Morgan fingerprint density at radius 2 is 0.329 bits per heavy atom. The second kappa shape index (κ2) is 71.9. The molecule has 0 saturated carbocycles. The molecular weight excluding hydrogens is 1010 g/mol. The van der Waals surface area contributed by atoms with Crippen LogP contribution in [0.3, 0.4) is 0 Å². The summed E-state index contributed by atoms with van der Waals surface area (Å²) < 4.78 is 17.0. The molecule has 6 heteroatoms. The standard InChI is InChI=1S/C76H148O6/c1-4-7-10-13-16-19-22-25-27-29-31-32-33-34-35-36-37-38-39-40-41-42-43-44-46-47-49-51-54-57-60-63-66-69-75(78)81-72-73(71-80-74(77)68-65-62-59-56-53-24-21-18-15-12-9-6-3)82-76(79)70-67-64-61-58-55-52-50-48-45-30-28-26-23-20-17-14-11-8-5-2/h73H,4-72H2,1-3H3. The molecular formula is C76H148O6. The zero-order valence-corrected chi connectivity index (χ0v) is 56.3. The number of hydrogen-bond donors (Lipinski definition) is 0. The van der Waals surface area contributed by atoms with Gasteiger partial charge in [-0.25, -0.2) is 0 Å². The predicted molar refractivity (Wildman–Crippen MR) is 358 cm³/mol. The summed E-state index contributed by atoms with van der Waals surface area (Å²) in [6, 6.07) is 0. The summed E-state index contributed by atoms with van der Waals surface area (Å²) in [5.74, 6) is -0.820. The van der Waals surface area contributed by atoms with Gasteiger partial charge in [0, 0.05) is 19.3 Å². The second-order valence-electron chi connectivity index (χ2n) is 26.3. The predicted octanol–water partition coefficient (Wildman–Crippen LogP) is 26.2. The van der Waals surface area contributed by atoms with Gasteiger partial charge >= 0.3 is 17.9 Å². The van der Waals surface area contributed by atoms with Gasteiger partial charge in [0.25, 0.3) is 0 Å². The van der Waals surface area contributed by atoms with Crippen LogP contribution in [0, 0.1) is 0 Å². The van der Waals surface area contributed by atoms with Crippen LogP contribution in [0.2, 0.25) is 0 Å². The Hall–Kier alpha value is -1.59. The topological polar surface area (TPSA) is 78.9 Å². The van der Waals surface area contributed by atoms with E-state index in [1.165, 1.54) is 353 Å². The molecule has 1 atom stereocenters. The van der Waals surface area contributed by atoms with Crippen LogP contribution in [0.5, 0.6) is 0 Å². The fourth-order valence-corrected chi connectivity index (χ4v) is 12.2. The highest BCUT2D eigenvalue weighted by molar-refractivity contribution is 5.71. The van der Waals surface area contributed by atoms with Crippen LogP contribution in [-0.2, 0) is 28.6 Å². The minimum absolute atomic E-state index is 0.0602. The number of rotatable bonds is 72. The normalized spacial score (nSPS) is 11.9. The molecule has 6 nitrogen and oxygen atoms in total. The van der Waals surface area contributed by atoms with Gasteiger partial charge < -0.3 is 14.2 Å². The first-order valence-electron chi connectivity index (χ1n) is 38.0. The third kappa shape index (κ3) is 69.2. The zero-order chi connectivity index (χ0) is 59.2. The maximum absolute atomic E-state index is 12.9. The molecule has 0 aromatic heterocycles. The average molecular weight is 1160 g/mol. The van der Waals surface area contributed by atoms with Crippen molar-refractivity contribution in [2.24, 2.45) is 0 Å². The first kappa shape index (κ1) is 80.4. The molecule has 82 heavy (non-hydrogen) atoms. The summed E-state index contributed by atoms with van der Waals surface area (Å²) >= 11 is 0. The van der Waals surface area contributed by atoms with E-state index >= 15 is 0 Å². The number of unbranched alkanes of at least 4 members (excludes halogenated alkanes) is 61. The van der Waals surface area contributed by atoms with E-state index in [-0.39, 0.29) is 31.1 Å². The summed E-state index contributed by atoms with van der Waals surface area (Å²) in [6.45, 7) is 6.74. The lowest BCUT2D eigenvalue weighted by Crippen LogP contribution is -2.30. The molecule has 0 aliphatic heterocycles. The Labute approximate surface area is 514 Å². The molecule has 0 amide bonds. The summed E-state index contributed by atoms with van der Waals surface area (Å²) in [6.07, 6.45) is 86.0. The van der Waals surface area contributed by atoms with Crippen molar-refractivity contribution in [1.82, 2.24) is 0 Å². The van der Waals surface area contributed by atoms with Crippen molar-refractivity contribution < 1.29 is 28.6 Å². The van der Waals surface area contributed by atoms with E-state index in [1.807, 2.05) is 0 Å². The van der Waals surface area contributed by atoms with E-state index in [2.05, 4.69) is 20.8 Å². The van der Waals surface area contributed by atoms with Crippen LogP contribution in [0.1, 0.15) is 451 Å². The van der Waals surface area contributed by atoms with Crippen molar-refractivity contribution in [3.63, 3.8) is 0 Å². The molecule has 0 aromatic rings. The maximum Gasteiger partial charge on any atom is 0.306 e. The van der Waals surface area contributed by atoms with E-state index < -0.39 is 6.10 Å². The monoisotopic (exact) mass is 1160 g/mol. The number of carbonyl (C=O) groups excluding carboxylic acids is 3. The van der Waals surface area contributed by atoms with Gasteiger partial charge in [0.2, 0.25) is 0 Å². The van der Waals surface area contributed by atoms with E-state index in [0.717, 1.165) is 57.8 Å². The van der Waals surface area contributed by atoms with Crippen LogP contribution in [0.4, 0.5) is 0 Å². The first-order valence-corrected chi connectivity index (χ1v) is 38.0. The number of carbonyl (C=O) groups is 3. The van der Waals surface area contributed by atoms with Crippen molar-refractivity contribution >= 4 is 17.9 Å². The highest BCUT2D eigenvalue weighted by atomic mass is 16.6. The summed E-state index contributed by atoms with van der Waals surface area (Å²) in [4.78, 5) is 38.4. The lowest BCUT2D eigenvalue weighted by atomic mass is 10.0. The molecule has 0 aliphatic rings. The SMILES string of the molecule is CCCCCCCCCCCCCCCCCCCCCCCCCCCCCCCCCCCC(=O)OCC(COC(=O)CCCCCCCCCCCCCC)OC(=O)CCCCCCCCCCCCCCCCCCCCC. The molecule has 0 heterocycles. The zero-order valence-electron chi connectivity index (χ0n) is 56.3. The Bertz CT molecular complexity index is 1240. The first-order chi connectivity index (χ1) is 40.5. The van der Waals surface area contributed by atoms with Crippen molar-refractivity contribution in [2.45, 2.75) is 457 Å². The average Bonchev–Trinajstić information content (AvgIpc) is 3.47. The third-order valence-corrected chi connectivity index (χ3v) is 17.9. The fourth-order valence-electron chi connectivity index (χ4n) is 12.2. The molecule has 0 N–H and O–H groups in total. The van der Waals surface area contributed by atoms with Gasteiger partial charge in [0.15, 0.2) is 6.10 Å². The number of ether oxygens (including phenoxy) is 3. The van der Waals surface area contributed by atoms with Crippen LogP contribution in [0.25, 0.3) is 0 Å². The third-order valence-electron chi connectivity index (χ3n) is 17.9. The number of esters is 3. The van der Waals surface area contributed by atoms with Gasteiger partial charge in [-0.2, -0.15) is 0 Å². The Morgan fingerprint density at radius 3 is 0.488 bits per heavy atom. The van der Waals surface area contributed by atoms with E-state index in [4.69, 9.17) is 14.2 Å². The van der Waals surface area contributed by atoms with Crippen LogP contribution in [-0.4, -0.2) is 37.2 Å². The molecule has 0 aliphatic carbocycles. The highest BCUT2D eigenvalue weighted by Crippen LogP contribution is 2.20. The van der Waals surface area contributed by atoms with Gasteiger partial charge in [-0.05, 0) is 19.3 Å². The van der Waals surface area contributed by atoms with Gasteiger partial charge in [-0.15, -0.1) is 0 Å². The van der Waals surface area contributed by atoms with Crippen LogP contribution < -0.4 is 0 Å². The number of hydrogen-bond acceptors (Lipinski definition) is 6. The summed E-state index contributed by atoms with van der Waals surface area (Å²) in [7, 11) is 0. The van der Waals surface area contributed by atoms with Crippen molar-refractivity contribution in [3.05, 3.63) is 0 Å². The Morgan fingerprint density at radius 1 is 0.195 bits per heavy atom. The molecule has 0 spiro atoms. The fraction of sp³-hybridized carbons (Fsp3) is 0.961. The summed E-state index contributed by atoms with van der Waals surface area (Å²) in [5.41, 5.74) is 0. The molecule has 0 radical (unpaired) electrons. The van der Waals surface area contributed by atoms with Gasteiger partial charge in [-0.1, -0.05) is 412 Å². The summed E-state index contributed by atoms with van der Waals surface area (Å²) in [5, 5.41) is 0. The van der Waals surface area contributed by atoms with Gasteiger partial charge in [0.05, 0.1) is 0 Å². The van der Waals surface area contributed by atoms with Gasteiger partial charge in [-0.3, -0.25) is 14.4 Å². The Balaban J connectivity index is 4.05. The van der Waals surface area contributed by atoms with Crippen LogP contribution in [0.15, 0.2) is 0 Å². The van der Waals surface area contributed by atoms with Crippen LogP contribution >= 0.6 is 0 Å². The van der Waals surface area contributed by atoms with E-state index in [9.17, 15) is 14.4 Å². The molecule has 0 aromatic carbocycles. The quantitative estimate of drug-likeness (QED) is 0.0343. The van der Waals surface area contributed by atoms with Crippen molar-refractivity contribution in [2.75, 3.05) is 13.2 Å².